The molecule has 5 nitrogen and oxygen atoms in total. The maximum Gasteiger partial charge on any atom is 0.274 e. The van der Waals surface area contributed by atoms with Gasteiger partial charge in [-0.25, -0.2) is 0 Å². The van der Waals surface area contributed by atoms with E-state index in [-0.39, 0.29) is 10.9 Å². The molecule has 2 aromatic rings. The van der Waals surface area contributed by atoms with Crippen LogP contribution in [0, 0.1) is 0 Å². The van der Waals surface area contributed by atoms with E-state index in [1.165, 1.54) is 0 Å². The van der Waals surface area contributed by atoms with Crippen LogP contribution in [-0.4, -0.2) is 30.9 Å². The SMILES string of the molecule is CN=C(NC)NC(=O)c1cc2c(Cl)c(Cl)c(Cl)cc2[nH]1. The Hall–Kier alpha value is -1.43. The van der Waals surface area contributed by atoms with E-state index < -0.39 is 0 Å². The molecular formula is C12H11Cl3N4O. The molecule has 8 heteroatoms. The molecule has 0 aliphatic carbocycles. The third-order valence-electron chi connectivity index (χ3n) is 2.70. The minimum atomic E-state index is -0.348. The number of hydrogen-bond donors (Lipinski definition) is 3. The zero-order valence-electron chi connectivity index (χ0n) is 10.6. The van der Waals surface area contributed by atoms with E-state index in [9.17, 15) is 4.79 Å². The molecule has 0 radical (unpaired) electrons. The number of benzene rings is 1. The number of rotatable bonds is 1. The van der Waals surface area contributed by atoms with Crippen LogP contribution in [-0.2, 0) is 0 Å². The lowest BCUT2D eigenvalue weighted by atomic mass is 10.2. The number of aromatic amines is 1. The predicted octanol–water partition coefficient (Wildman–Crippen LogP) is 3.06. The summed E-state index contributed by atoms with van der Waals surface area (Å²) in [4.78, 5) is 18.8. The molecule has 106 valence electrons. The highest BCUT2D eigenvalue weighted by Gasteiger charge is 2.15. The van der Waals surface area contributed by atoms with Crippen molar-refractivity contribution in [1.29, 1.82) is 0 Å². The normalized spacial score (nSPS) is 11.8. The standard InChI is InChI=1S/C12H11Cl3N4O/c1-16-12(17-2)19-11(20)8-3-5-7(18-8)4-6(13)10(15)9(5)14/h3-4,18H,1-2H3,(H2,16,17,19,20). The van der Waals surface area contributed by atoms with Gasteiger partial charge >= 0.3 is 0 Å². The zero-order chi connectivity index (χ0) is 14.9. The highest BCUT2D eigenvalue weighted by molar-refractivity contribution is 6.50. The Labute approximate surface area is 130 Å². The second-order valence-electron chi connectivity index (χ2n) is 3.91. The van der Waals surface area contributed by atoms with Crippen molar-refractivity contribution in [2.24, 2.45) is 4.99 Å². The number of H-pyrrole nitrogens is 1. The minimum Gasteiger partial charge on any atom is -0.359 e. The first-order valence-electron chi connectivity index (χ1n) is 5.60. The largest absolute Gasteiger partial charge is 0.359 e. The van der Waals surface area contributed by atoms with Gasteiger partial charge < -0.3 is 10.3 Å². The molecule has 2 rings (SSSR count). The van der Waals surface area contributed by atoms with Gasteiger partial charge in [-0.2, -0.15) is 0 Å². The summed E-state index contributed by atoms with van der Waals surface area (Å²) in [6.07, 6.45) is 0. The molecule has 0 unspecified atom stereocenters. The first kappa shape index (κ1) is 15.0. The summed E-state index contributed by atoms with van der Waals surface area (Å²) < 4.78 is 0. The minimum absolute atomic E-state index is 0.262. The van der Waals surface area contributed by atoms with Crippen LogP contribution in [0.1, 0.15) is 10.5 Å². The van der Waals surface area contributed by atoms with Crippen LogP contribution in [0.3, 0.4) is 0 Å². The molecule has 0 bridgehead atoms. The van der Waals surface area contributed by atoms with Crippen LogP contribution in [0.5, 0.6) is 0 Å². The van der Waals surface area contributed by atoms with Gasteiger partial charge in [-0.1, -0.05) is 34.8 Å². The maximum atomic E-state index is 12.1. The van der Waals surface area contributed by atoms with Crippen LogP contribution >= 0.6 is 34.8 Å². The molecule has 0 fully saturated rings. The summed E-state index contributed by atoms with van der Waals surface area (Å²) in [6, 6.07) is 3.23. The Balaban J connectivity index is 2.42. The Morgan fingerprint density at radius 2 is 1.95 bits per heavy atom. The van der Waals surface area contributed by atoms with E-state index in [1.54, 1.807) is 26.2 Å². The van der Waals surface area contributed by atoms with E-state index in [0.717, 1.165) is 0 Å². The predicted molar refractivity (Wildman–Crippen MR) is 83.2 cm³/mol. The van der Waals surface area contributed by atoms with Gasteiger partial charge in [0, 0.05) is 25.0 Å². The summed E-state index contributed by atoms with van der Waals surface area (Å²) in [5.74, 6) is 0.00952. The van der Waals surface area contributed by atoms with E-state index in [1.807, 2.05) is 0 Å². The van der Waals surface area contributed by atoms with Crippen LogP contribution in [0.15, 0.2) is 17.1 Å². The summed E-state index contributed by atoms with van der Waals surface area (Å²) in [5, 5.41) is 6.88. The molecular weight excluding hydrogens is 323 g/mol. The molecule has 1 aromatic heterocycles. The van der Waals surface area contributed by atoms with Gasteiger partial charge in [0.2, 0.25) is 0 Å². The monoisotopic (exact) mass is 332 g/mol. The Morgan fingerprint density at radius 1 is 1.25 bits per heavy atom. The number of hydrogen-bond acceptors (Lipinski definition) is 2. The van der Waals surface area contributed by atoms with Crippen LogP contribution < -0.4 is 10.6 Å². The van der Waals surface area contributed by atoms with Crippen molar-refractivity contribution < 1.29 is 4.79 Å². The summed E-state index contributed by atoms with van der Waals surface area (Å²) in [7, 11) is 3.22. The Kier molecular flexibility index (Phi) is 4.42. The van der Waals surface area contributed by atoms with Gasteiger partial charge in [-0.05, 0) is 12.1 Å². The molecule has 1 heterocycles. The molecule has 0 atom stereocenters. The number of guanidine groups is 1. The molecule has 0 aliphatic rings. The van der Waals surface area contributed by atoms with Crippen molar-refractivity contribution in [2.45, 2.75) is 0 Å². The lowest BCUT2D eigenvalue weighted by Crippen LogP contribution is -2.39. The van der Waals surface area contributed by atoms with E-state index in [4.69, 9.17) is 34.8 Å². The molecule has 0 aliphatic heterocycles. The first-order chi connectivity index (χ1) is 9.47. The van der Waals surface area contributed by atoms with E-state index >= 15 is 0 Å². The van der Waals surface area contributed by atoms with Crippen LogP contribution in [0.25, 0.3) is 10.9 Å². The Bertz CT molecular complexity index is 708. The molecule has 1 amide bonds. The fourth-order valence-electron chi connectivity index (χ4n) is 1.71. The van der Waals surface area contributed by atoms with Gasteiger partial charge in [0.15, 0.2) is 5.96 Å². The fraction of sp³-hybridized carbons (Fsp3) is 0.167. The van der Waals surface area contributed by atoms with Gasteiger partial charge in [0.25, 0.3) is 5.91 Å². The molecule has 1 aromatic carbocycles. The number of carbonyl (C=O) groups is 1. The van der Waals surface area contributed by atoms with Crippen molar-refractivity contribution in [1.82, 2.24) is 15.6 Å². The number of aromatic nitrogens is 1. The lowest BCUT2D eigenvalue weighted by Gasteiger charge is -2.05. The maximum absolute atomic E-state index is 12.1. The molecule has 3 N–H and O–H groups in total. The third-order valence-corrected chi connectivity index (χ3v) is 3.97. The van der Waals surface area contributed by atoms with E-state index in [2.05, 4.69) is 20.6 Å². The van der Waals surface area contributed by atoms with Crippen molar-refractivity contribution in [3.05, 3.63) is 32.9 Å². The number of halogens is 3. The van der Waals surface area contributed by atoms with Crippen molar-refractivity contribution in [2.75, 3.05) is 14.1 Å². The molecule has 0 saturated carbocycles. The van der Waals surface area contributed by atoms with Crippen LogP contribution in [0.2, 0.25) is 15.1 Å². The molecule has 20 heavy (non-hydrogen) atoms. The fourth-order valence-corrected chi connectivity index (χ4v) is 2.37. The quantitative estimate of drug-likeness (QED) is 0.426. The summed E-state index contributed by atoms with van der Waals surface area (Å²) in [5.41, 5.74) is 0.964. The van der Waals surface area contributed by atoms with Crippen molar-refractivity contribution in [3.8, 4) is 0 Å². The van der Waals surface area contributed by atoms with Gasteiger partial charge in [-0.15, -0.1) is 0 Å². The number of nitrogens with zero attached hydrogens (tertiary/aromatic N) is 1. The molecule has 0 saturated heterocycles. The average Bonchev–Trinajstić information content (AvgIpc) is 2.86. The average molecular weight is 334 g/mol. The number of nitrogens with one attached hydrogen (secondary N) is 3. The van der Waals surface area contributed by atoms with Crippen molar-refractivity contribution >= 4 is 57.6 Å². The second kappa shape index (κ2) is 5.91. The number of fused-ring (bicyclic) bond motifs is 1. The number of carbonyl (C=O) groups excluding carboxylic acids is 1. The lowest BCUT2D eigenvalue weighted by molar-refractivity contribution is 0.0972. The topological polar surface area (TPSA) is 69.3 Å². The summed E-state index contributed by atoms with van der Waals surface area (Å²) in [6.45, 7) is 0. The second-order valence-corrected chi connectivity index (χ2v) is 5.07. The van der Waals surface area contributed by atoms with Crippen molar-refractivity contribution in [3.63, 3.8) is 0 Å². The van der Waals surface area contributed by atoms with E-state index in [0.29, 0.717) is 32.6 Å². The molecule has 0 spiro atoms. The number of aliphatic imine (C=N–C) groups is 1. The highest BCUT2D eigenvalue weighted by Crippen LogP contribution is 2.36. The smallest absolute Gasteiger partial charge is 0.274 e. The number of amides is 1. The van der Waals surface area contributed by atoms with Crippen LogP contribution in [0.4, 0.5) is 0 Å². The zero-order valence-corrected chi connectivity index (χ0v) is 12.9. The van der Waals surface area contributed by atoms with Gasteiger partial charge in [0.1, 0.15) is 5.69 Å². The van der Waals surface area contributed by atoms with Gasteiger partial charge in [0.05, 0.1) is 15.1 Å². The Morgan fingerprint density at radius 3 is 2.55 bits per heavy atom. The third kappa shape index (κ3) is 2.70. The summed E-state index contributed by atoms with van der Waals surface area (Å²) >= 11 is 18.0. The highest BCUT2D eigenvalue weighted by atomic mass is 35.5. The van der Waals surface area contributed by atoms with Gasteiger partial charge in [-0.3, -0.25) is 15.1 Å². The first-order valence-corrected chi connectivity index (χ1v) is 6.73.